The zero-order chi connectivity index (χ0) is 21.4. The summed E-state index contributed by atoms with van der Waals surface area (Å²) in [6, 6.07) is 11.5. The molecule has 0 unspecified atom stereocenters. The van der Waals surface area contributed by atoms with Crippen molar-refractivity contribution in [1.29, 1.82) is 0 Å². The van der Waals surface area contributed by atoms with Crippen molar-refractivity contribution < 1.29 is 9.21 Å². The van der Waals surface area contributed by atoms with Crippen LogP contribution in [0.4, 0.5) is 0 Å². The fourth-order valence-corrected chi connectivity index (χ4v) is 5.05. The number of carbonyl (C=O) groups excluding carboxylic acids is 1. The van der Waals surface area contributed by atoms with Crippen molar-refractivity contribution in [2.45, 2.75) is 19.9 Å². The van der Waals surface area contributed by atoms with E-state index in [0.717, 1.165) is 27.4 Å². The van der Waals surface area contributed by atoms with Gasteiger partial charge in [0.1, 0.15) is 17.6 Å². The van der Waals surface area contributed by atoms with Gasteiger partial charge in [-0.3, -0.25) is 14.2 Å². The fourth-order valence-electron chi connectivity index (χ4n) is 3.39. The van der Waals surface area contributed by atoms with Gasteiger partial charge in [-0.05, 0) is 37.6 Å². The lowest BCUT2D eigenvalue weighted by Gasteiger charge is -2.06. The van der Waals surface area contributed by atoms with E-state index < -0.39 is 0 Å². The van der Waals surface area contributed by atoms with Gasteiger partial charge in [0.2, 0.25) is 11.5 Å². The smallest absolute Gasteiger partial charge is 0.297 e. The average molecular weight is 451 g/mol. The van der Waals surface area contributed by atoms with Crippen LogP contribution in [0.3, 0.4) is 0 Å². The molecule has 0 aliphatic rings. The number of para-hydroxylation sites is 1. The Bertz CT molecular complexity index is 1460. The molecule has 5 aromatic rings. The number of thiazole rings is 1. The minimum atomic E-state index is -0.363. The molecule has 9 heteroatoms. The fraction of sp³-hybridized carbons (Fsp3) is 0.182. The normalized spacial score (nSPS) is 11.4. The van der Waals surface area contributed by atoms with E-state index in [2.05, 4.69) is 32.8 Å². The van der Waals surface area contributed by atoms with Crippen LogP contribution in [0.1, 0.15) is 9.88 Å². The minimum Gasteiger partial charge on any atom is -0.448 e. The third-order valence-corrected chi connectivity index (χ3v) is 6.83. The maximum atomic E-state index is 12.7. The van der Waals surface area contributed by atoms with Crippen LogP contribution in [0.5, 0.6) is 0 Å². The highest BCUT2D eigenvalue weighted by Crippen LogP contribution is 2.29. The van der Waals surface area contributed by atoms with Crippen LogP contribution in [0.2, 0.25) is 0 Å². The summed E-state index contributed by atoms with van der Waals surface area (Å²) in [6.07, 6.45) is 2.11. The Kier molecular flexibility index (Phi) is 5.13. The molecule has 4 aromatic heterocycles. The number of hydrogen-bond donors (Lipinski definition) is 1. The Balaban J connectivity index is 1.22. The van der Waals surface area contributed by atoms with Gasteiger partial charge in [0.25, 0.3) is 5.56 Å². The number of aryl methyl sites for hydroxylation is 1. The maximum absolute atomic E-state index is 12.7. The highest BCUT2D eigenvalue weighted by atomic mass is 32.1. The summed E-state index contributed by atoms with van der Waals surface area (Å²) in [4.78, 5) is 36.2. The van der Waals surface area contributed by atoms with E-state index in [1.807, 2.05) is 25.1 Å². The Labute approximate surface area is 185 Å². The molecule has 156 valence electrons. The monoisotopic (exact) mass is 450 g/mol. The van der Waals surface area contributed by atoms with Crippen molar-refractivity contribution in [3.05, 3.63) is 68.3 Å². The second-order valence-corrected chi connectivity index (χ2v) is 9.30. The van der Waals surface area contributed by atoms with Gasteiger partial charge in [-0.2, -0.15) is 0 Å². The van der Waals surface area contributed by atoms with E-state index in [4.69, 9.17) is 4.42 Å². The summed E-state index contributed by atoms with van der Waals surface area (Å²) >= 11 is 3.31. The van der Waals surface area contributed by atoms with Crippen molar-refractivity contribution in [1.82, 2.24) is 19.9 Å². The van der Waals surface area contributed by atoms with Gasteiger partial charge in [0.15, 0.2) is 0 Å². The summed E-state index contributed by atoms with van der Waals surface area (Å²) in [5, 5.41) is 6.75. The molecule has 0 radical (unpaired) electrons. The van der Waals surface area contributed by atoms with Crippen molar-refractivity contribution >= 4 is 50.6 Å². The van der Waals surface area contributed by atoms with Crippen LogP contribution < -0.4 is 10.9 Å². The molecule has 4 heterocycles. The first kappa shape index (κ1) is 19.7. The predicted octanol–water partition coefficient (Wildman–Crippen LogP) is 4.00. The van der Waals surface area contributed by atoms with Crippen LogP contribution in [-0.2, 0) is 17.8 Å². The molecule has 1 aromatic carbocycles. The van der Waals surface area contributed by atoms with Gasteiger partial charge in [-0.1, -0.05) is 12.1 Å². The number of nitrogens with zero attached hydrogens (tertiary/aromatic N) is 3. The highest BCUT2D eigenvalue weighted by Gasteiger charge is 2.14. The number of thiophene rings is 1. The molecular formula is C22H18N4O3S2. The molecule has 0 saturated carbocycles. The number of aromatic nitrogens is 3. The molecule has 5 rings (SSSR count). The Morgan fingerprint density at radius 1 is 1.23 bits per heavy atom. The number of carbonyl (C=O) groups is 1. The lowest BCUT2D eigenvalue weighted by Crippen LogP contribution is -2.33. The number of fused-ring (bicyclic) bond motifs is 3. The Hall–Kier alpha value is -3.30. The number of rotatable bonds is 6. The topological polar surface area (TPSA) is 90.0 Å². The van der Waals surface area contributed by atoms with Crippen LogP contribution in [0, 0.1) is 6.92 Å². The lowest BCUT2D eigenvalue weighted by atomic mass is 10.2. The van der Waals surface area contributed by atoms with E-state index in [-0.39, 0.29) is 23.6 Å². The molecule has 0 fully saturated rings. The quantitative estimate of drug-likeness (QED) is 0.422. The molecular weight excluding hydrogens is 432 g/mol. The van der Waals surface area contributed by atoms with Gasteiger partial charge in [-0.25, -0.2) is 9.97 Å². The van der Waals surface area contributed by atoms with E-state index in [0.29, 0.717) is 17.6 Å². The van der Waals surface area contributed by atoms with E-state index in [1.54, 1.807) is 28.7 Å². The first-order valence-corrected chi connectivity index (χ1v) is 11.4. The molecule has 0 atom stereocenters. The van der Waals surface area contributed by atoms with Crippen molar-refractivity contribution in [2.75, 3.05) is 6.54 Å². The Morgan fingerprint density at radius 2 is 2.10 bits per heavy atom. The highest BCUT2D eigenvalue weighted by molar-refractivity contribution is 7.16. The number of furan rings is 1. The number of amides is 1. The van der Waals surface area contributed by atoms with E-state index in [1.165, 1.54) is 15.8 Å². The average Bonchev–Trinajstić information content (AvgIpc) is 3.48. The van der Waals surface area contributed by atoms with Crippen LogP contribution in [-0.4, -0.2) is 27.0 Å². The van der Waals surface area contributed by atoms with Crippen LogP contribution >= 0.6 is 22.7 Å². The van der Waals surface area contributed by atoms with Crippen molar-refractivity contribution in [2.24, 2.45) is 0 Å². The van der Waals surface area contributed by atoms with E-state index >= 15 is 0 Å². The standard InChI is InChI=1S/C22H18N4O3S2/c1-13-25-16(11-30-13)18-7-6-14(31-18)8-9-23-19(27)10-26-12-24-20-15-4-2-3-5-17(15)29-21(20)22(26)28/h2-7,11-12H,8-10H2,1H3,(H,23,27). The second-order valence-electron chi connectivity index (χ2n) is 7.07. The first-order chi connectivity index (χ1) is 15.1. The molecule has 31 heavy (non-hydrogen) atoms. The molecule has 1 N–H and O–H groups in total. The van der Waals surface area contributed by atoms with Gasteiger partial charge >= 0.3 is 0 Å². The largest absolute Gasteiger partial charge is 0.448 e. The molecule has 0 aliphatic carbocycles. The minimum absolute atomic E-state index is 0.105. The molecule has 0 bridgehead atoms. The van der Waals surface area contributed by atoms with Crippen molar-refractivity contribution in [3.63, 3.8) is 0 Å². The van der Waals surface area contributed by atoms with Gasteiger partial charge in [-0.15, -0.1) is 22.7 Å². The zero-order valence-electron chi connectivity index (χ0n) is 16.6. The SMILES string of the molecule is Cc1nc(-c2ccc(CCNC(=O)Cn3cnc4c(oc5ccccc54)c3=O)s2)cs1. The predicted molar refractivity (Wildman–Crippen MR) is 123 cm³/mol. The first-order valence-electron chi connectivity index (χ1n) is 9.73. The zero-order valence-corrected chi connectivity index (χ0v) is 18.3. The molecule has 0 aliphatic heterocycles. The van der Waals surface area contributed by atoms with Gasteiger partial charge in [0, 0.05) is 22.2 Å². The second kappa shape index (κ2) is 8.09. The van der Waals surface area contributed by atoms with Gasteiger partial charge in [0.05, 0.1) is 21.9 Å². The number of nitrogens with one attached hydrogen (secondary N) is 1. The summed E-state index contributed by atoms with van der Waals surface area (Å²) in [7, 11) is 0. The van der Waals surface area contributed by atoms with E-state index in [9.17, 15) is 9.59 Å². The Morgan fingerprint density at radius 3 is 2.94 bits per heavy atom. The number of benzene rings is 1. The lowest BCUT2D eigenvalue weighted by molar-refractivity contribution is -0.121. The van der Waals surface area contributed by atoms with Gasteiger partial charge < -0.3 is 9.73 Å². The third kappa shape index (κ3) is 3.89. The molecule has 7 nitrogen and oxygen atoms in total. The molecule has 1 amide bonds. The van der Waals surface area contributed by atoms with Crippen molar-refractivity contribution in [3.8, 4) is 10.6 Å². The summed E-state index contributed by atoms with van der Waals surface area (Å²) in [5.74, 6) is -0.244. The third-order valence-electron chi connectivity index (χ3n) is 4.89. The molecule has 0 spiro atoms. The molecule has 0 saturated heterocycles. The van der Waals surface area contributed by atoms with Crippen LogP contribution in [0.15, 0.2) is 57.3 Å². The number of hydrogen-bond acceptors (Lipinski definition) is 7. The van der Waals surface area contributed by atoms with Crippen LogP contribution in [0.25, 0.3) is 32.6 Å². The maximum Gasteiger partial charge on any atom is 0.297 e. The summed E-state index contributed by atoms with van der Waals surface area (Å²) < 4.78 is 6.93. The summed E-state index contributed by atoms with van der Waals surface area (Å²) in [6.45, 7) is 2.38. The summed E-state index contributed by atoms with van der Waals surface area (Å²) in [5.41, 5.74) is 1.92.